The van der Waals surface area contributed by atoms with Crippen LogP contribution in [0.25, 0.3) is 11.1 Å². The van der Waals surface area contributed by atoms with E-state index < -0.39 is 12.1 Å². The number of ether oxygens (including phenoxy) is 1. The van der Waals surface area contributed by atoms with Gasteiger partial charge in [0.1, 0.15) is 11.8 Å². The number of imide groups is 1. The Morgan fingerprint density at radius 2 is 1.70 bits per heavy atom. The zero-order valence-corrected chi connectivity index (χ0v) is 17.2. The van der Waals surface area contributed by atoms with E-state index in [1.165, 1.54) is 4.90 Å². The number of carbonyl (C=O) groups is 3. The van der Waals surface area contributed by atoms with Crippen molar-refractivity contribution in [3.05, 3.63) is 54.6 Å². The van der Waals surface area contributed by atoms with E-state index in [-0.39, 0.29) is 24.4 Å². The molecule has 2 atom stereocenters. The summed E-state index contributed by atoms with van der Waals surface area (Å²) >= 11 is 0. The van der Waals surface area contributed by atoms with Crippen molar-refractivity contribution in [2.75, 3.05) is 26.2 Å². The minimum atomic E-state index is -0.686. The number of rotatable bonds is 5. The van der Waals surface area contributed by atoms with Crippen LogP contribution in [0.2, 0.25) is 0 Å². The standard InChI is InChI=1S/C23H25N3O4/c1-3-25-22(28)20-15-24(13-14-26(20)23(25)29)21(27)16(2)30-19-11-9-18(10-12-19)17-7-5-4-6-8-17/h4-12,16,20H,3,13-15H2,1-2H3/t16-,20-/m1/s1. The second kappa shape index (κ2) is 8.18. The molecule has 2 heterocycles. The number of carbonyl (C=O) groups excluding carboxylic acids is 3. The molecule has 0 spiro atoms. The first kappa shape index (κ1) is 19.9. The summed E-state index contributed by atoms with van der Waals surface area (Å²) in [6.07, 6.45) is -0.686. The van der Waals surface area contributed by atoms with Crippen LogP contribution >= 0.6 is 0 Å². The summed E-state index contributed by atoms with van der Waals surface area (Å²) in [7, 11) is 0. The van der Waals surface area contributed by atoms with Crippen molar-refractivity contribution in [1.29, 1.82) is 0 Å². The number of likely N-dealkylation sites (N-methyl/N-ethyl adjacent to an activating group) is 1. The topological polar surface area (TPSA) is 70.2 Å². The number of hydrogen-bond donors (Lipinski definition) is 0. The summed E-state index contributed by atoms with van der Waals surface area (Å²) < 4.78 is 5.85. The molecule has 2 aromatic rings. The van der Waals surface area contributed by atoms with E-state index in [9.17, 15) is 14.4 Å². The third kappa shape index (κ3) is 3.63. The minimum absolute atomic E-state index is 0.183. The van der Waals surface area contributed by atoms with Crippen LogP contribution in [0.1, 0.15) is 13.8 Å². The van der Waals surface area contributed by atoms with E-state index in [2.05, 4.69) is 0 Å². The highest BCUT2D eigenvalue weighted by Gasteiger charge is 2.48. The first-order chi connectivity index (χ1) is 14.5. The number of benzene rings is 2. The SMILES string of the molecule is CCN1C(=O)[C@H]2CN(C(=O)[C@@H](C)Oc3ccc(-c4ccccc4)cc3)CCN2C1=O. The molecular weight excluding hydrogens is 382 g/mol. The zero-order valence-electron chi connectivity index (χ0n) is 17.2. The van der Waals surface area contributed by atoms with Crippen LogP contribution in [-0.4, -0.2) is 70.9 Å². The fourth-order valence-corrected chi connectivity index (χ4v) is 4.01. The van der Waals surface area contributed by atoms with Gasteiger partial charge in [-0.2, -0.15) is 0 Å². The predicted octanol–water partition coefficient (Wildman–Crippen LogP) is 2.62. The number of urea groups is 1. The van der Waals surface area contributed by atoms with Gasteiger partial charge in [-0.1, -0.05) is 42.5 Å². The first-order valence-electron chi connectivity index (χ1n) is 10.2. The molecular formula is C23H25N3O4. The number of amides is 4. The van der Waals surface area contributed by atoms with Crippen molar-refractivity contribution < 1.29 is 19.1 Å². The summed E-state index contributed by atoms with van der Waals surface area (Å²) in [6.45, 7) is 4.79. The fourth-order valence-electron chi connectivity index (χ4n) is 4.01. The van der Waals surface area contributed by atoms with E-state index >= 15 is 0 Å². The van der Waals surface area contributed by atoms with E-state index in [1.807, 2.05) is 54.6 Å². The Labute approximate surface area is 175 Å². The zero-order chi connectivity index (χ0) is 21.3. The Balaban J connectivity index is 1.38. The lowest BCUT2D eigenvalue weighted by Gasteiger charge is -2.36. The quantitative estimate of drug-likeness (QED) is 0.715. The maximum absolute atomic E-state index is 12.9. The van der Waals surface area contributed by atoms with Crippen molar-refractivity contribution >= 4 is 17.8 Å². The third-order valence-electron chi connectivity index (χ3n) is 5.66. The van der Waals surface area contributed by atoms with Gasteiger partial charge in [-0.05, 0) is 37.1 Å². The van der Waals surface area contributed by atoms with E-state index in [0.717, 1.165) is 11.1 Å². The highest BCUT2D eigenvalue weighted by Crippen LogP contribution is 2.24. The van der Waals surface area contributed by atoms with Gasteiger partial charge in [-0.15, -0.1) is 0 Å². The van der Waals surface area contributed by atoms with Gasteiger partial charge in [0.05, 0.1) is 6.54 Å². The molecule has 0 aromatic heterocycles. The van der Waals surface area contributed by atoms with E-state index in [0.29, 0.717) is 25.4 Å². The molecule has 0 N–H and O–H groups in total. The van der Waals surface area contributed by atoms with Crippen molar-refractivity contribution in [2.24, 2.45) is 0 Å². The molecule has 0 bridgehead atoms. The Morgan fingerprint density at radius 3 is 2.37 bits per heavy atom. The molecule has 4 rings (SSSR count). The maximum atomic E-state index is 12.9. The average Bonchev–Trinajstić information content (AvgIpc) is 3.03. The number of piperazine rings is 1. The normalized spacial score (nSPS) is 19.7. The van der Waals surface area contributed by atoms with Crippen LogP contribution in [-0.2, 0) is 9.59 Å². The summed E-state index contributed by atoms with van der Waals surface area (Å²) in [5.74, 6) is 0.195. The van der Waals surface area contributed by atoms with Crippen LogP contribution < -0.4 is 4.74 Å². The monoisotopic (exact) mass is 407 g/mol. The molecule has 7 nitrogen and oxygen atoms in total. The molecule has 0 unspecified atom stereocenters. The number of fused-ring (bicyclic) bond motifs is 1. The van der Waals surface area contributed by atoms with Crippen molar-refractivity contribution in [3.63, 3.8) is 0 Å². The van der Waals surface area contributed by atoms with Gasteiger partial charge in [-0.25, -0.2) is 4.79 Å². The van der Waals surface area contributed by atoms with Crippen molar-refractivity contribution in [2.45, 2.75) is 26.0 Å². The first-order valence-corrected chi connectivity index (χ1v) is 10.2. The molecule has 0 saturated carbocycles. The molecule has 7 heteroatoms. The lowest BCUT2D eigenvalue weighted by molar-refractivity contribution is -0.141. The van der Waals surface area contributed by atoms with Crippen LogP contribution in [0.3, 0.4) is 0 Å². The summed E-state index contributed by atoms with van der Waals surface area (Å²) in [6, 6.07) is 16.8. The van der Waals surface area contributed by atoms with Gasteiger partial charge in [0.2, 0.25) is 0 Å². The van der Waals surface area contributed by atoms with Crippen molar-refractivity contribution in [1.82, 2.24) is 14.7 Å². The summed E-state index contributed by atoms with van der Waals surface area (Å²) in [5, 5.41) is 0. The van der Waals surface area contributed by atoms with Crippen LogP contribution in [0.5, 0.6) is 5.75 Å². The number of nitrogens with zero attached hydrogens (tertiary/aromatic N) is 3. The molecule has 0 aliphatic carbocycles. The van der Waals surface area contributed by atoms with E-state index in [4.69, 9.17) is 4.74 Å². The molecule has 2 saturated heterocycles. The Hall–Kier alpha value is -3.35. The van der Waals surface area contributed by atoms with Gasteiger partial charge in [0.25, 0.3) is 11.8 Å². The molecule has 30 heavy (non-hydrogen) atoms. The van der Waals surface area contributed by atoms with E-state index in [1.54, 1.807) is 23.6 Å². The lowest BCUT2D eigenvalue weighted by Crippen LogP contribution is -2.56. The average molecular weight is 407 g/mol. The second-order valence-electron chi connectivity index (χ2n) is 7.51. The predicted molar refractivity (Wildman–Crippen MR) is 112 cm³/mol. The molecule has 2 aromatic carbocycles. The van der Waals surface area contributed by atoms with Gasteiger partial charge >= 0.3 is 6.03 Å². The molecule has 2 aliphatic heterocycles. The van der Waals surface area contributed by atoms with Crippen LogP contribution in [0.4, 0.5) is 4.79 Å². The Kier molecular flexibility index (Phi) is 5.44. The molecule has 4 amide bonds. The van der Waals surface area contributed by atoms with Gasteiger partial charge in [0.15, 0.2) is 6.10 Å². The minimum Gasteiger partial charge on any atom is -0.481 e. The smallest absolute Gasteiger partial charge is 0.327 e. The highest BCUT2D eigenvalue weighted by atomic mass is 16.5. The highest BCUT2D eigenvalue weighted by molar-refractivity contribution is 6.04. The molecule has 0 radical (unpaired) electrons. The van der Waals surface area contributed by atoms with Crippen LogP contribution in [0, 0.1) is 0 Å². The summed E-state index contributed by atoms with van der Waals surface area (Å²) in [4.78, 5) is 42.0. The second-order valence-corrected chi connectivity index (χ2v) is 7.51. The fraction of sp³-hybridized carbons (Fsp3) is 0.348. The lowest BCUT2D eigenvalue weighted by atomic mass is 10.1. The maximum Gasteiger partial charge on any atom is 0.327 e. The summed E-state index contributed by atoms with van der Waals surface area (Å²) in [5.41, 5.74) is 2.19. The molecule has 2 fully saturated rings. The third-order valence-corrected chi connectivity index (χ3v) is 5.66. The van der Waals surface area contributed by atoms with Gasteiger partial charge in [-0.3, -0.25) is 14.5 Å². The van der Waals surface area contributed by atoms with Crippen molar-refractivity contribution in [3.8, 4) is 16.9 Å². The Bertz CT molecular complexity index is 945. The Morgan fingerprint density at radius 1 is 1.03 bits per heavy atom. The molecule has 2 aliphatic rings. The molecule has 156 valence electrons. The van der Waals surface area contributed by atoms with Gasteiger partial charge < -0.3 is 14.5 Å². The van der Waals surface area contributed by atoms with Crippen LogP contribution in [0.15, 0.2) is 54.6 Å². The largest absolute Gasteiger partial charge is 0.481 e. The number of hydrogen-bond acceptors (Lipinski definition) is 4. The van der Waals surface area contributed by atoms with Gasteiger partial charge in [0, 0.05) is 19.6 Å².